The summed E-state index contributed by atoms with van der Waals surface area (Å²) in [5.74, 6) is 0.812. The molecule has 0 amide bonds. The summed E-state index contributed by atoms with van der Waals surface area (Å²) in [4.78, 5) is 8.69. The van der Waals surface area contributed by atoms with E-state index in [1.807, 2.05) is 31.4 Å². The molecule has 0 fully saturated rings. The topological polar surface area (TPSA) is 37.8 Å². The lowest BCUT2D eigenvalue weighted by atomic mass is 10.2. The molecule has 1 aromatic carbocycles. The van der Waals surface area contributed by atoms with E-state index in [0.717, 1.165) is 21.2 Å². The van der Waals surface area contributed by atoms with Gasteiger partial charge in [-0.25, -0.2) is 9.97 Å². The van der Waals surface area contributed by atoms with Crippen molar-refractivity contribution in [2.45, 2.75) is 6.54 Å². The van der Waals surface area contributed by atoms with Crippen molar-refractivity contribution < 1.29 is 0 Å². The summed E-state index contributed by atoms with van der Waals surface area (Å²) in [6, 6.07) is 5.97. The van der Waals surface area contributed by atoms with E-state index in [4.69, 9.17) is 0 Å². The van der Waals surface area contributed by atoms with E-state index in [1.54, 1.807) is 0 Å². The molecule has 4 heteroatoms. The molecule has 2 rings (SSSR count). The van der Waals surface area contributed by atoms with Gasteiger partial charge in [-0.2, -0.15) is 0 Å². The second-order valence-electron chi connectivity index (χ2n) is 2.99. The normalized spacial score (nSPS) is 10.7. The molecule has 0 spiro atoms. The summed E-state index contributed by atoms with van der Waals surface area (Å²) in [5.41, 5.74) is 0.966. The van der Waals surface area contributed by atoms with Crippen LogP contribution in [0.25, 0.3) is 10.9 Å². The molecule has 3 nitrogen and oxygen atoms in total. The summed E-state index contributed by atoms with van der Waals surface area (Å²) >= 11 is 3.47. The first kappa shape index (κ1) is 9.55. The van der Waals surface area contributed by atoms with Gasteiger partial charge in [0.25, 0.3) is 0 Å². The minimum atomic E-state index is 0.692. The van der Waals surface area contributed by atoms with E-state index in [-0.39, 0.29) is 0 Å². The Morgan fingerprint density at radius 3 is 3.07 bits per heavy atom. The van der Waals surface area contributed by atoms with E-state index in [0.29, 0.717) is 6.54 Å². The van der Waals surface area contributed by atoms with Gasteiger partial charge in [0.15, 0.2) is 0 Å². The minimum Gasteiger partial charge on any atom is -0.313 e. The van der Waals surface area contributed by atoms with Crippen molar-refractivity contribution >= 4 is 26.8 Å². The average molecular weight is 252 g/mol. The SMILES string of the molecule is CNCc1ncc2cccc(Br)c2n1. The van der Waals surface area contributed by atoms with Crippen LogP contribution < -0.4 is 5.32 Å². The number of aromatic nitrogens is 2. The molecule has 0 aliphatic carbocycles. The molecule has 0 aliphatic heterocycles. The highest BCUT2D eigenvalue weighted by molar-refractivity contribution is 9.10. The maximum atomic E-state index is 4.44. The van der Waals surface area contributed by atoms with Gasteiger partial charge in [-0.3, -0.25) is 0 Å². The number of fused-ring (bicyclic) bond motifs is 1. The van der Waals surface area contributed by atoms with Gasteiger partial charge in [-0.05, 0) is 29.0 Å². The molecule has 72 valence electrons. The maximum absolute atomic E-state index is 4.44. The van der Waals surface area contributed by atoms with Crippen molar-refractivity contribution in [1.29, 1.82) is 0 Å². The van der Waals surface area contributed by atoms with Gasteiger partial charge in [-0.1, -0.05) is 12.1 Å². The Kier molecular flexibility index (Phi) is 2.74. The quantitative estimate of drug-likeness (QED) is 0.889. The fourth-order valence-electron chi connectivity index (χ4n) is 1.30. The molecule has 0 unspecified atom stereocenters. The smallest absolute Gasteiger partial charge is 0.142 e. The Balaban J connectivity index is 2.58. The highest BCUT2D eigenvalue weighted by Crippen LogP contribution is 2.20. The molecule has 0 atom stereocenters. The molecule has 1 aromatic heterocycles. The largest absolute Gasteiger partial charge is 0.313 e. The van der Waals surface area contributed by atoms with E-state index >= 15 is 0 Å². The van der Waals surface area contributed by atoms with Crippen LogP contribution in [0, 0.1) is 0 Å². The van der Waals surface area contributed by atoms with Crippen LogP contribution in [0.3, 0.4) is 0 Å². The van der Waals surface area contributed by atoms with Gasteiger partial charge in [0.1, 0.15) is 5.82 Å². The lowest BCUT2D eigenvalue weighted by molar-refractivity contribution is 0.764. The van der Waals surface area contributed by atoms with Gasteiger partial charge in [0, 0.05) is 16.1 Å². The maximum Gasteiger partial charge on any atom is 0.142 e. The molecule has 0 aliphatic rings. The summed E-state index contributed by atoms with van der Waals surface area (Å²) in [5, 5.41) is 4.08. The Morgan fingerprint density at radius 2 is 2.29 bits per heavy atom. The lowest BCUT2D eigenvalue weighted by Crippen LogP contribution is -2.08. The first-order valence-electron chi connectivity index (χ1n) is 4.36. The summed E-state index contributed by atoms with van der Waals surface area (Å²) in [6.45, 7) is 0.692. The molecule has 14 heavy (non-hydrogen) atoms. The summed E-state index contributed by atoms with van der Waals surface area (Å²) in [7, 11) is 1.88. The van der Waals surface area contributed by atoms with Crippen LogP contribution in [0.4, 0.5) is 0 Å². The Labute approximate surface area is 90.7 Å². The number of rotatable bonds is 2. The van der Waals surface area contributed by atoms with Crippen LogP contribution in [-0.4, -0.2) is 17.0 Å². The molecular weight excluding hydrogens is 242 g/mol. The highest BCUT2D eigenvalue weighted by Gasteiger charge is 2.01. The highest BCUT2D eigenvalue weighted by atomic mass is 79.9. The number of halogens is 1. The van der Waals surface area contributed by atoms with Gasteiger partial charge in [-0.15, -0.1) is 0 Å². The van der Waals surface area contributed by atoms with Gasteiger partial charge >= 0.3 is 0 Å². The van der Waals surface area contributed by atoms with E-state index < -0.39 is 0 Å². The molecule has 0 saturated carbocycles. The third-order valence-corrected chi connectivity index (χ3v) is 2.59. The average Bonchev–Trinajstić information content (AvgIpc) is 2.20. The van der Waals surface area contributed by atoms with Gasteiger partial charge < -0.3 is 5.32 Å². The molecule has 0 saturated heterocycles. The fourth-order valence-corrected chi connectivity index (χ4v) is 1.77. The second-order valence-corrected chi connectivity index (χ2v) is 3.85. The molecule has 2 aromatic rings. The van der Waals surface area contributed by atoms with Crippen LogP contribution in [0.2, 0.25) is 0 Å². The molecule has 1 N–H and O–H groups in total. The molecule has 0 bridgehead atoms. The lowest BCUT2D eigenvalue weighted by Gasteiger charge is -2.02. The van der Waals surface area contributed by atoms with Gasteiger partial charge in [0.05, 0.1) is 12.1 Å². The first-order valence-corrected chi connectivity index (χ1v) is 5.15. The van der Waals surface area contributed by atoms with Crippen molar-refractivity contribution in [3.8, 4) is 0 Å². The second kappa shape index (κ2) is 4.02. The van der Waals surface area contributed by atoms with Crippen molar-refractivity contribution in [3.05, 3.63) is 34.7 Å². The van der Waals surface area contributed by atoms with Crippen molar-refractivity contribution in [2.75, 3.05) is 7.05 Å². The minimum absolute atomic E-state index is 0.692. The van der Waals surface area contributed by atoms with E-state index in [1.165, 1.54) is 0 Å². The molecule has 1 heterocycles. The monoisotopic (exact) mass is 251 g/mol. The van der Waals surface area contributed by atoms with E-state index in [9.17, 15) is 0 Å². The summed E-state index contributed by atoms with van der Waals surface area (Å²) in [6.07, 6.45) is 1.85. The number of nitrogens with zero attached hydrogens (tertiary/aromatic N) is 2. The zero-order chi connectivity index (χ0) is 9.97. The van der Waals surface area contributed by atoms with Crippen LogP contribution in [0.15, 0.2) is 28.9 Å². The van der Waals surface area contributed by atoms with Crippen LogP contribution in [0.5, 0.6) is 0 Å². The number of benzene rings is 1. The van der Waals surface area contributed by atoms with Crippen LogP contribution >= 0.6 is 15.9 Å². The zero-order valence-corrected chi connectivity index (χ0v) is 9.37. The standard InChI is InChI=1S/C10H10BrN3/c1-12-6-9-13-5-7-3-2-4-8(11)10(7)14-9/h2-5,12H,6H2,1H3. The van der Waals surface area contributed by atoms with Crippen molar-refractivity contribution in [3.63, 3.8) is 0 Å². The predicted octanol–water partition coefficient (Wildman–Crippen LogP) is 2.11. The number of nitrogens with one attached hydrogen (secondary N) is 1. The third kappa shape index (κ3) is 1.76. The number of para-hydroxylation sites is 1. The van der Waals surface area contributed by atoms with E-state index in [2.05, 4.69) is 31.2 Å². The van der Waals surface area contributed by atoms with Crippen molar-refractivity contribution in [1.82, 2.24) is 15.3 Å². The van der Waals surface area contributed by atoms with Crippen LogP contribution in [-0.2, 0) is 6.54 Å². The molecule has 0 radical (unpaired) electrons. The zero-order valence-electron chi connectivity index (χ0n) is 7.79. The third-order valence-electron chi connectivity index (χ3n) is 1.95. The Hall–Kier alpha value is -1.00. The number of hydrogen-bond acceptors (Lipinski definition) is 3. The predicted molar refractivity (Wildman–Crippen MR) is 60.0 cm³/mol. The Bertz CT molecular complexity index is 456. The molecular formula is C10H10BrN3. The van der Waals surface area contributed by atoms with Gasteiger partial charge in [0.2, 0.25) is 0 Å². The van der Waals surface area contributed by atoms with Crippen molar-refractivity contribution in [2.24, 2.45) is 0 Å². The fraction of sp³-hybridized carbons (Fsp3) is 0.200. The summed E-state index contributed by atoms with van der Waals surface area (Å²) < 4.78 is 1.01. The van der Waals surface area contributed by atoms with Crippen LogP contribution in [0.1, 0.15) is 5.82 Å². The first-order chi connectivity index (χ1) is 6.81. The number of hydrogen-bond donors (Lipinski definition) is 1. The Morgan fingerprint density at radius 1 is 1.43 bits per heavy atom.